The molecule has 5 heteroatoms. The molecule has 3 aromatic rings. The van der Waals surface area contributed by atoms with Crippen molar-refractivity contribution < 1.29 is 8.42 Å². The first-order valence-corrected chi connectivity index (χ1v) is 16.2. The van der Waals surface area contributed by atoms with E-state index in [-0.39, 0.29) is 5.75 Å². The molecule has 0 aromatic heterocycles. The lowest BCUT2D eigenvalue weighted by Crippen LogP contribution is -2.33. The van der Waals surface area contributed by atoms with E-state index in [4.69, 9.17) is 0 Å². The molecule has 0 heterocycles. The van der Waals surface area contributed by atoms with Gasteiger partial charge in [0.15, 0.2) is 0 Å². The molecule has 0 fully saturated rings. The lowest BCUT2D eigenvalue weighted by atomic mass is 10.2. The Morgan fingerprint density at radius 3 is 1.56 bits per heavy atom. The third-order valence-corrected chi connectivity index (χ3v) is 12.3. The molecule has 0 radical (unpaired) electrons. The van der Waals surface area contributed by atoms with Gasteiger partial charge in [0.1, 0.15) is 23.2 Å². The van der Waals surface area contributed by atoms with Gasteiger partial charge >= 0.3 is 0 Å². The van der Waals surface area contributed by atoms with Crippen LogP contribution in [0.2, 0.25) is 0 Å². The van der Waals surface area contributed by atoms with Crippen molar-refractivity contribution in [3.8, 4) is 0 Å². The largest absolute Gasteiger partial charge is 0.215 e. The summed E-state index contributed by atoms with van der Waals surface area (Å²) in [6.45, 7) is 2.74. The molecule has 1 N–H and O–H groups in total. The van der Waals surface area contributed by atoms with Gasteiger partial charge in [-0.2, -0.15) is 0 Å². The van der Waals surface area contributed by atoms with Crippen LogP contribution in [0.1, 0.15) is 51.9 Å². The van der Waals surface area contributed by atoms with Gasteiger partial charge in [0.2, 0.25) is 10.0 Å². The van der Waals surface area contributed by atoms with Gasteiger partial charge in [0, 0.05) is 6.54 Å². The second-order valence-corrected chi connectivity index (χ2v) is 14.4. The van der Waals surface area contributed by atoms with Gasteiger partial charge in [-0.1, -0.05) is 87.2 Å². The van der Waals surface area contributed by atoms with Crippen LogP contribution in [0.25, 0.3) is 0 Å². The first-order chi connectivity index (χ1) is 16.6. The molecule has 0 saturated carbocycles. The average molecular weight is 497 g/mol. The lowest BCUT2D eigenvalue weighted by Gasteiger charge is -2.27. The third-order valence-electron chi connectivity index (χ3n) is 6.35. The Labute approximate surface area is 207 Å². The van der Waals surface area contributed by atoms with Crippen molar-refractivity contribution in [3.63, 3.8) is 0 Å². The number of sulfonamides is 1. The minimum Gasteiger partial charge on any atom is -0.215 e. The zero-order valence-corrected chi connectivity index (χ0v) is 22.1. The summed E-state index contributed by atoms with van der Waals surface area (Å²) in [5.41, 5.74) is 0. The highest BCUT2D eigenvalue weighted by Crippen LogP contribution is 2.55. The maximum atomic E-state index is 12.6. The molecule has 0 bridgehead atoms. The molecule has 182 valence electrons. The minimum absolute atomic E-state index is 0.195. The Balaban J connectivity index is 1.72. The maximum Gasteiger partial charge on any atom is 0.211 e. The van der Waals surface area contributed by atoms with Crippen molar-refractivity contribution in [1.29, 1.82) is 0 Å². The quantitative estimate of drug-likeness (QED) is 0.218. The summed E-state index contributed by atoms with van der Waals surface area (Å²) in [4.78, 5) is 0. The Bertz CT molecular complexity index is 960. The van der Waals surface area contributed by atoms with E-state index in [0.717, 1.165) is 25.4 Å². The van der Waals surface area contributed by atoms with Crippen LogP contribution in [0, 0.1) is 0 Å². The number of unbranched alkanes of at least 4 members (excludes halogenated alkanes) is 5. The molecule has 0 unspecified atom stereocenters. The maximum absolute atomic E-state index is 12.6. The predicted molar refractivity (Wildman–Crippen MR) is 150 cm³/mol. The average Bonchev–Trinajstić information content (AvgIpc) is 2.88. The van der Waals surface area contributed by atoms with Crippen LogP contribution in [-0.2, 0) is 10.0 Å². The topological polar surface area (TPSA) is 46.2 Å². The second-order valence-electron chi connectivity index (χ2n) is 8.87. The minimum atomic E-state index is -3.22. The summed E-state index contributed by atoms with van der Waals surface area (Å²) in [5.74, 6) is 0.195. The molecule has 0 aliphatic carbocycles. The predicted octanol–water partition coefficient (Wildman–Crippen LogP) is 5.65. The van der Waals surface area contributed by atoms with Gasteiger partial charge in [-0.3, -0.25) is 0 Å². The summed E-state index contributed by atoms with van der Waals surface area (Å²) in [6, 6.07) is 32.3. The number of rotatable bonds is 15. The molecule has 3 aromatic carbocycles. The van der Waals surface area contributed by atoms with Crippen molar-refractivity contribution in [2.45, 2.75) is 51.9 Å². The van der Waals surface area contributed by atoms with Crippen LogP contribution in [0.5, 0.6) is 0 Å². The third kappa shape index (κ3) is 7.50. The SMILES string of the molecule is CCCCCCCNS(=O)(=O)CCCC[P+](c1ccccc1)(c1ccccc1)c1ccccc1. The molecule has 0 atom stereocenters. The van der Waals surface area contributed by atoms with E-state index in [0.29, 0.717) is 13.0 Å². The van der Waals surface area contributed by atoms with Crippen molar-refractivity contribution in [3.05, 3.63) is 91.0 Å². The first kappa shape index (κ1) is 26.6. The Morgan fingerprint density at radius 2 is 1.09 bits per heavy atom. The van der Waals surface area contributed by atoms with Gasteiger partial charge in [-0.25, -0.2) is 13.1 Å². The van der Waals surface area contributed by atoms with Crippen molar-refractivity contribution in [2.24, 2.45) is 0 Å². The van der Waals surface area contributed by atoms with Crippen LogP contribution in [0.15, 0.2) is 91.0 Å². The van der Waals surface area contributed by atoms with Crippen LogP contribution in [0.3, 0.4) is 0 Å². The molecule has 3 nitrogen and oxygen atoms in total. The standard InChI is InChI=1S/C29H39NO2PS/c1-2-3-4-5-15-24-30-34(31,32)26-17-16-25-33(27-18-9-6-10-19-27,28-20-11-7-12-21-28)29-22-13-8-14-23-29/h6-14,18-23,30H,2-5,15-17,24-26H2,1H3/q+1. The summed E-state index contributed by atoms with van der Waals surface area (Å²) in [7, 11) is -5.11. The molecular weight excluding hydrogens is 457 g/mol. The van der Waals surface area contributed by atoms with Gasteiger partial charge in [-0.05, 0) is 55.7 Å². The van der Waals surface area contributed by atoms with Gasteiger partial charge in [0.25, 0.3) is 0 Å². The van der Waals surface area contributed by atoms with Gasteiger partial charge in [-0.15, -0.1) is 0 Å². The van der Waals surface area contributed by atoms with Crippen LogP contribution >= 0.6 is 7.26 Å². The zero-order chi connectivity index (χ0) is 24.1. The summed E-state index contributed by atoms with van der Waals surface area (Å²) in [5, 5.41) is 4.04. The number of nitrogens with one attached hydrogen (secondary N) is 1. The number of hydrogen-bond donors (Lipinski definition) is 1. The number of benzene rings is 3. The second kappa shape index (κ2) is 13.8. The Hall–Kier alpha value is -2.00. The van der Waals surface area contributed by atoms with E-state index in [9.17, 15) is 8.42 Å². The highest BCUT2D eigenvalue weighted by Gasteiger charge is 2.44. The fourth-order valence-electron chi connectivity index (χ4n) is 4.55. The smallest absolute Gasteiger partial charge is 0.211 e. The molecule has 0 aliphatic heterocycles. The van der Waals surface area contributed by atoms with E-state index < -0.39 is 17.3 Å². The highest BCUT2D eigenvalue weighted by molar-refractivity contribution is 7.95. The fourth-order valence-corrected chi connectivity index (χ4v) is 10.1. The van der Waals surface area contributed by atoms with E-state index in [2.05, 4.69) is 103 Å². The van der Waals surface area contributed by atoms with E-state index in [1.165, 1.54) is 35.2 Å². The van der Waals surface area contributed by atoms with Gasteiger partial charge < -0.3 is 0 Å². The summed E-state index contributed by atoms with van der Waals surface area (Å²) in [6.07, 6.45) is 8.11. The van der Waals surface area contributed by atoms with E-state index in [1.807, 2.05) is 0 Å². The summed E-state index contributed by atoms with van der Waals surface area (Å²) < 4.78 is 27.9. The monoisotopic (exact) mass is 496 g/mol. The Morgan fingerprint density at radius 1 is 0.618 bits per heavy atom. The normalized spacial score (nSPS) is 12.0. The molecule has 0 spiro atoms. The summed E-state index contributed by atoms with van der Waals surface area (Å²) >= 11 is 0. The molecule has 0 saturated heterocycles. The lowest BCUT2D eigenvalue weighted by molar-refractivity contribution is 0.568. The molecule has 0 amide bonds. The number of hydrogen-bond acceptors (Lipinski definition) is 2. The van der Waals surface area contributed by atoms with Crippen molar-refractivity contribution in [2.75, 3.05) is 18.5 Å². The fraction of sp³-hybridized carbons (Fsp3) is 0.379. The van der Waals surface area contributed by atoms with Crippen LogP contribution < -0.4 is 20.6 Å². The molecule has 34 heavy (non-hydrogen) atoms. The van der Waals surface area contributed by atoms with Gasteiger partial charge in [0.05, 0.1) is 11.9 Å². The zero-order valence-electron chi connectivity index (χ0n) is 20.4. The first-order valence-electron chi connectivity index (χ1n) is 12.6. The van der Waals surface area contributed by atoms with Crippen molar-refractivity contribution in [1.82, 2.24) is 4.72 Å². The molecule has 0 aliphatic rings. The van der Waals surface area contributed by atoms with E-state index in [1.54, 1.807) is 0 Å². The van der Waals surface area contributed by atoms with Crippen LogP contribution in [0.4, 0.5) is 0 Å². The van der Waals surface area contributed by atoms with Crippen molar-refractivity contribution >= 4 is 33.2 Å². The molecular formula is C29H39NO2PS+. The highest BCUT2D eigenvalue weighted by atomic mass is 32.2. The molecule has 3 rings (SSSR count). The Kier molecular flexibility index (Phi) is 10.8. The van der Waals surface area contributed by atoms with Crippen LogP contribution in [-0.4, -0.2) is 26.9 Å². The van der Waals surface area contributed by atoms with E-state index >= 15 is 0 Å².